The third kappa shape index (κ3) is 9.26. The van der Waals surface area contributed by atoms with Crippen molar-refractivity contribution in [3.63, 3.8) is 0 Å². The summed E-state index contributed by atoms with van der Waals surface area (Å²) in [7, 11) is 0. The van der Waals surface area contributed by atoms with E-state index in [2.05, 4.69) is 12.1 Å². The van der Waals surface area contributed by atoms with Gasteiger partial charge in [-0.3, -0.25) is 0 Å². The van der Waals surface area contributed by atoms with Gasteiger partial charge < -0.3 is 5.48 Å². The molecule has 2 aromatic rings. The zero-order valence-corrected chi connectivity index (χ0v) is 9.39. The zero-order valence-electron chi connectivity index (χ0n) is 7.98. The molecule has 0 aliphatic heterocycles. The van der Waals surface area contributed by atoms with Crippen LogP contribution in [0, 0.1) is 12.1 Å². The van der Waals surface area contributed by atoms with Crippen LogP contribution < -0.4 is 0 Å². The molecular formula is C12H12MgO. The van der Waals surface area contributed by atoms with Crippen LogP contribution in [0.2, 0.25) is 0 Å². The second-order valence-corrected chi connectivity index (χ2v) is 2.15. The fraction of sp³-hybridized carbons (Fsp3) is 0. The molecule has 0 saturated heterocycles. The van der Waals surface area contributed by atoms with E-state index in [1.807, 2.05) is 60.7 Å². The maximum absolute atomic E-state index is 2.89. The molecular weight excluding hydrogens is 184 g/mol. The SMILES string of the molecule is O.[Mg+2].[c-]1ccccc1.[c-]1ccccc1. The van der Waals surface area contributed by atoms with Crippen molar-refractivity contribution in [3.8, 4) is 0 Å². The van der Waals surface area contributed by atoms with Crippen molar-refractivity contribution in [2.75, 3.05) is 0 Å². The monoisotopic (exact) mass is 196 g/mol. The molecule has 0 fully saturated rings. The molecule has 2 N–H and O–H groups in total. The molecule has 0 heterocycles. The molecule has 0 aliphatic rings. The largest absolute Gasteiger partial charge is 2.00 e. The molecule has 68 valence electrons. The van der Waals surface area contributed by atoms with Crippen LogP contribution in [-0.4, -0.2) is 28.5 Å². The Kier molecular flexibility index (Phi) is 13.6. The van der Waals surface area contributed by atoms with E-state index in [0.29, 0.717) is 0 Å². The van der Waals surface area contributed by atoms with E-state index in [0.717, 1.165) is 0 Å². The molecule has 0 bridgehead atoms. The Labute approximate surface area is 101 Å². The van der Waals surface area contributed by atoms with Crippen molar-refractivity contribution in [3.05, 3.63) is 72.8 Å². The van der Waals surface area contributed by atoms with Gasteiger partial charge in [0.05, 0.1) is 0 Å². The summed E-state index contributed by atoms with van der Waals surface area (Å²) in [6.07, 6.45) is 0. The number of benzene rings is 2. The smallest absolute Gasteiger partial charge is 0.412 e. The normalized spacial score (nSPS) is 6.86. The molecule has 2 aromatic carbocycles. The van der Waals surface area contributed by atoms with Crippen LogP contribution >= 0.6 is 0 Å². The van der Waals surface area contributed by atoms with Crippen molar-refractivity contribution in [2.45, 2.75) is 0 Å². The van der Waals surface area contributed by atoms with Crippen molar-refractivity contribution < 1.29 is 5.48 Å². The molecule has 0 radical (unpaired) electrons. The summed E-state index contributed by atoms with van der Waals surface area (Å²) in [5.41, 5.74) is 0. The molecule has 0 amide bonds. The summed E-state index contributed by atoms with van der Waals surface area (Å²) in [4.78, 5) is 0. The van der Waals surface area contributed by atoms with Crippen molar-refractivity contribution in [1.29, 1.82) is 0 Å². The minimum absolute atomic E-state index is 0. The summed E-state index contributed by atoms with van der Waals surface area (Å²) in [5.74, 6) is 0. The molecule has 2 heteroatoms. The van der Waals surface area contributed by atoms with E-state index in [1.165, 1.54) is 0 Å². The second-order valence-electron chi connectivity index (χ2n) is 2.15. The first kappa shape index (κ1) is 15.6. The average molecular weight is 197 g/mol. The standard InChI is InChI=1S/2C6H5.Mg.H2O/c2*1-2-4-6-5-3-1;;/h2*1-5H;;1H2/q2*-1;+2;. The van der Waals surface area contributed by atoms with Gasteiger partial charge in [-0.1, -0.05) is 0 Å². The Morgan fingerprint density at radius 3 is 0.857 bits per heavy atom. The molecule has 0 aromatic heterocycles. The Bertz CT molecular complexity index is 186. The number of hydrogen-bond acceptors (Lipinski definition) is 0. The van der Waals surface area contributed by atoms with E-state index in [4.69, 9.17) is 0 Å². The fourth-order valence-corrected chi connectivity index (χ4v) is 0.684. The third-order valence-electron chi connectivity index (χ3n) is 1.21. The van der Waals surface area contributed by atoms with Crippen LogP contribution in [0.25, 0.3) is 0 Å². The first-order valence-electron chi connectivity index (χ1n) is 3.82. The van der Waals surface area contributed by atoms with Gasteiger partial charge in [0.15, 0.2) is 0 Å². The predicted octanol–water partition coefficient (Wildman–Crippen LogP) is 1.77. The molecule has 2 rings (SSSR count). The Hall–Kier alpha value is -0.834. The number of rotatable bonds is 0. The predicted molar refractivity (Wildman–Crippen MR) is 59.9 cm³/mol. The van der Waals surface area contributed by atoms with Gasteiger partial charge in [0.25, 0.3) is 0 Å². The second kappa shape index (κ2) is 12.2. The van der Waals surface area contributed by atoms with Gasteiger partial charge in [-0.05, 0) is 0 Å². The van der Waals surface area contributed by atoms with E-state index in [1.54, 1.807) is 0 Å². The van der Waals surface area contributed by atoms with E-state index in [-0.39, 0.29) is 28.5 Å². The quantitative estimate of drug-likeness (QED) is 0.454. The third-order valence-corrected chi connectivity index (χ3v) is 1.21. The van der Waals surface area contributed by atoms with Gasteiger partial charge in [-0.15, -0.1) is 0 Å². The summed E-state index contributed by atoms with van der Waals surface area (Å²) >= 11 is 0. The summed E-state index contributed by atoms with van der Waals surface area (Å²) in [6, 6.07) is 25.0. The summed E-state index contributed by atoms with van der Waals surface area (Å²) in [6.45, 7) is 0. The zero-order chi connectivity index (χ0) is 8.49. The van der Waals surface area contributed by atoms with Crippen LogP contribution in [-0.2, 0) is 0 Å². The first-order chi connectivity index (χ1) is 6.00. The van der Waals surface area contributed by atoms with Crippen molar-refractivity contribution >= 4 is 23.1 Å². The molecule has 0 unspecified atom stereocenters. The maximum atomic E-state index is 2.89. The molecule has 0 saturated carbocycles. The molecule has 0 atom stereocenters. The van der Waals surface area contributed by atoms with Gasteiger partial charge in [0.2, 0.25) is 0 Å². The Morgan fingerprint density at radius 2 is 0.786 bits per heavy atom. The Morgan fingerprint density at radius 1 is 0.500 bits per heavy atom. The summed E-state index contributed by atoms with van der Waals surface area (Å²) in [5, 5.41) is 0. The minimum Gasteiger partial charge on any atom is -0.412 e. The van der Waals surface area contributed by atoms with Gasteiger partial charge in [0.1, 0.15) is 0 Å². The van der Waals surface area contributed by atoms with E-state index < -0.39 is 0 Å². The van der Waals surface area contributed by atoms with E-state index in [9.17, 15) is 0 Å². The van der Waals surface area contributed by atoms with Crippen LogP contribution in [0.5, 0.6) is 0 Å². The van der Waals surface area contributed by atoms with Gasteiger partial charge in [-0.2, -0.15) is 72.8 Å². The van der Waals surface area contributed by atoms with Crippen LogP contribution in [0.3, 0.4) is 0 Å². The van der Waals surface area contributed by atoms with Gasteiger partial charge in [-0.25, -0.2) is 0 Å². The summed E-state index contributed by atoms with van der Waals surface area (Å²) < 4.78 is 0. The Balaban J connectivity index is 0. The van der Waals surface area contributed by atoms with Crippen LogP contribution in [0.4, 0.5) is 0 Å². The van der Waals surface area contributed by atoms with Gasteiger partial charge >= 0.3 is 23.1 Å². The van der Waals surface area contributed by atoms with E-state index >= 15 is 0 Å². The minimum atomic E-state index is 0. The average Bonchev–Trinajstić information content (AvgIpc) is 2.24. The van der Waals surface area contributed by atoms with Crippen molar-refractivity contribution in [1.82, 2.24) is 0 Å². The molecule has 0 aliphatic carbocycles. The maximum Gasteiger partial charge on any atom is 2.00 e. The topological polar surface area (TPSA) is 31.5 Å². The first-order valence-corrected chi connectivity index (χ1v) is 3.82. The van der Waals surface area contributed by atoms with Gasteiger partial charge in [0, 0.05) is 0 Å². The number of hydrogen-bond donors (Lipinski definition) is 0. The fourth-order valence-electron chi connectivity index (χ4n) is 0.684. The molecule has 14 heavy (non-hydrogen) atoms. The van der Waals surface area contributed by atoms with Crippen molar-refractivity contribution in [2.24, 2.45) is 0 Å². The molecule has 0 spiro atoms. The van der Waals surface area contributed by atoms with Crippen LogP contribution in [0.1, 0.15) is 0 Å². The van der Waals surface area contributed by atoms with Crippen LogP contribution in [0.15, 0.2) is 60.7 Å². The molecule has 1 nitrogen and oxygen atoms in total.